The number of fused-ring (bicyclic) bond motifs is 1. The molecule has 6 nitrogen and oxygen atoms in total. The monoisotopic (exact) mass is 585 g/mol. The van der Waals surface area contributed by atoms with Crippen molar-refractivity contribution < 1.29 is 18.0 Å². The molecule has 0 aliphatic carbocycles. The summed E-state index contributed by atoms with van der Waals surface area (Å²) in [5, 5.41) is 7.71. The molecule has 1 fully saturated rings. The molecular formula is C28H27BrF3N5O. The Bertz CT molecular complexity index is 1490. The number of nitrogens with zero attached hydrogens (tertiary/aromatic N) is 4. The van der Waals surface area contributed by atoms with E-state index < -0.39 is 17.8 Å². The van der Waals surface area contributed by atoms with Gasteiger partial charge in [-0.2, -0.15) is 18.3 Å². The number of hydrogen-bond acceptors (Lipinski definition) is 4. The van der Waals surface area contributed by atoms with Crippen molar-refractivity contribution in [3.63, 3.8) is 0 Å². The summed E-state index contributed by atoms with van der Waals surface area (Å²) in [5.41, 5.74) is 2.98. The van der Waals surface area contributed by atoms with Crippen LogP contribution in [0.4, 0.5) is 18.9 Å². The molecule has 0 radical (unpaired) electrons. The highest BCUT2D eigenvalue weighted by molar-refractivity contribution is 9.10. The predicted octanol–water partition coefficient (Wildman–Crippen LogP) is 6.73. The standard InChI is InChI=1S/C28H27BrF3N5O/c1-17-26(18(2)37(35-17)16-20-7-5-19(6-8-20)15-36-11-3-4-12-36)34-27(38)23-14-25(28(30,31)32)33-24-10-9-21(29)13-22(23)24/h5-10,13-14H,3-4,11-12,15-16H2,1-2H3,(H,34,38). The minimum Gasteiger partial charge on any atom is -0.319 e. The normalized spacial score (nSPS) is 14.4. The Labute approximate surface area is 227 Å². The quantitative estimate of drug-likeness (QED) is 0.272. The van der Waals surface area contributed by atoms with E-state index in [-0.39, 0.29) is 11.1 Å². The smallest absolute Gasteiger partial charge is 0.319 e. The van der Waals surface area contributed by atoms with E-state index in [1.54, 1.807) is 23.7 Å². The molecule has 3 heterocycles. The van der Waals surface area contributed by atoms with Crippen LogP contribution >= 0.6 is 15.9 Å². The number of pyridine rings is 1. The Balaban J connectivity index is 1.38. The number of carbonyl (C=O) groups excluding carboxylic acids is 1. The second-order valence-electron chi connectivity index (χ2n) is 9.67. The molecule has 2 aromatic carbocycles. The highest BCUT2D eigenvalue weighted by atomic mass is 79.9. The molecular weight excluding hydrogens is 559 g/mol. The number of alkyl halides is 3. The third-order valence-electron chi connectivity index (χ3n) is 6.89. The number of rotatable bonds is 6. The van der Waals surface area contributed by atoms with Crippen molar-refractivity contribution in [3.8, 4) is 0 Å². The van der Waals surface area contributed by atoms with Gasteiger partial charge in [0.15, 0.2) is 0 Å². The fourth-order valence-electron chi connectivity index (χ4n) is 4.87. The van der Waals surface area contributed by atoms with Crippen LogP contribution in [0.15, 0.2) is 53.0 Å². The second kappa shape index (κ2) is 10.5. The number of hydrogen-bond donors (Lipinski definition) is 1. The van der Waals surface area contributed by atoms with Crippen LogP contribution in [0.2, 0.25) is 0 Å². The Kier molecular flexibility index (Phi) is 7.28. The Morgan fingerprint density at radius 3 is 2.32 bits per heavy atom. The van der Waals surface area contributed by atoms with Gasteiger partial charge in [0.25, 0.3) is 5.91 Å². The number of carbonyl (C=O) groups is 1. The molecule has 5 rings (SSSR count). The molecule has 0 bridgehead atoms. The van der Waals surface area contributed by atoms with Crippen molar-refractivity contribution in [1.29, 1.82) is 0 Å². The average Bonchev–Trinajstić information content (AvgIpc) is 3.47. The van der Waals surface area contributed by atoms with E-state index in [1.165, 1.54) is 24.5 Å². The molecule has 0 saturated carbocycles. The summed E-state index contributed by atoms with van der Waals surface area (Å²) in [6, 6.07) is 13.9. The molecule has 198 valence electrons. The maximum atomic E-state index is 13.5. The van der Waals surface area contributed by atoms with Crippen molar-refractivity contribution in [2.24, 2.45) is 0 Å². The van der Waals surface area contributed by atoms with Gasteiger partial charge in [-0.15, -0.1) is 0 Å². The van der Waals surface area contributed by atoms with Crippen molar-refractivity contribution in [1.82, 2.24) is 19.7 Å². The summed E-state index contributed by atoms with van der Waals surface area (Å²) in [5.74, 6) is -0.655. The number of amides is 1. The lowest BCUT2D eigenvalue weighted by atomic mass is 10.1. The van der Waals surface area contributed by atoms with E-state index in [0.717, 1.165) is 31.3 Å². The number of anilines is 1. The summed E-state index contributed by atoms with van der Waals surface area (Å²) in [4.78, 5) is 19.5. The number of halogens is 4. The van der Waals surface area contributed by atoms with Gasteiger partial charge in [-0.1, -0.05) is 40.2 Å². The van der Waals surface area contributed by atoms with Crippen LogP contribution in [0.3, 0.4) is 0 Å². The van der Waals surface area contributed by atoms with E-state index in [4.69, 9.17) is 0 Å². The minimum atomic E-state index is -4.68. The maximum Gasteiger partial charge on any atom is 0.433 e. The zero-order valence-corrected chi connectivity index (χ0v) is 22.7. The third-order valence-corrected chi connectivity index (χ3v) is 7.38. The maximum absolute atomic E-state index is 13.5. The van der Waals surface area contributed by atoms with Crippen LogP contribution in [0.5, 0.6) is 0 Å². The first-order valence-corrected chi connectivity index (χ1v) is 13.2. The van der Waals surface area contributed by atoms with Crippen LogP contribution in [0.1, 0.15) is 51.4 Å². The van der Waals surface area contributed by atoms with Crippen molar-refractivity contribution in [2.75, 3.05) is 18.4 Å². The zero-order valence-electron chi connectivity index (χ0n) is 21.1. The number of aryl methyl sites for hydroxylation is 1. The van der Waals surface area contributed by atoms with Gasteiger partial charge >= 0.3 is 6.18 Å². The molecule has 2 aromatic heterocycles. The lowest BCUT2D eigenvalue weighted by Crippen LogP contribution is -2.18. The van der Waals surface area contributed by atoms with E-state index in [1.807, 2.05) is 6.92 Å². The Morgan fingerprint density at radius 2 is 1.66 bits per heavy atom. The lowest BCUT2D eigenvalue weighted by Gasteiger charge is -2.15. The molecule has 38 heavy (non-hydrogen) atoms. The lowest BCUT2D eigenvalue weighted by molar-refractivity contribution is -0.140. The van der Waals surface area contributed by atoms with Gasteiger partial charge in [0.2, 0.25) is 0 Å². The first-order valence-electron chi connectivity index (χ1n) is 12.4. The van der Waals surface area contributed by atoms with E-state index in [9.17, 15) is 18.0 Å². The summed E-state index contributed by atoms with van der Waals surface area (Å²) in [7, 11) is 0. The number of aromatic nitrogens is 3. The van der Waals surface area contributed by atoms with Crippen LogP contribution in [-0.2, 0) is 19.3 Å². The number of nitrogens with one attached hydrogen (secondary N) is 1. The molecule has 0 spiro atoms. The van der Waals surface area contributed by atoms with E-state index in [0.29, 0.717) is 33.5 Å². The molecule has 0 atom stereocenters. The molecule has 0 unspecified atom stereocenters. The van der Waals surface area contributed by atoms with Gasteiger partial charge in [-0.3, -0.25) is 14.4 Å². The van der Waals surface area contributed by atoms with E-state index in [2.05, 4.69) is 60.5 Å². The van der Waals surface area contributed by atoms with Crippen molar-refractivity contribution >= 4 is 38.4 Å². The predicted molar refractivity (Wildman–Crippen MR) is 144 cm³/mol. The summed E-state index contributed by atoms with van der Waals surface area (Å²) < 4.78 is 43.0. The van der Waals surface area contributed by atoms with Crippen LogP contribution in [0, 0.1) is 13.8 Å². The molecule has 4 aromatic rings. The van der Waals surface area contributed by atoms with Crippen LogP contribution in [-0.4, -0.2) is 38.7 Å². The first kappa shape index (κ1) is 26.4. The fourth-order valence-corrected chi connectivity index (χ4v) is 5.23. The Hall–Kier alpha value is -3.24. The molecule has 10 heteroatoms. The van der Waals surface area contributed by atoms with Gasteiger partial charge in [-0.25, -0.2) is 4.98 Å². The van der Waals surface area contributed by atoms with Gasteiger partial charge in [0.1, 0.15) is 5.69 Å². The van der Waals surface area contributed by atoms with Gasteiger partial charge in [-0.05, 0) is 75.2 Å². The average molecular weight is 586 g/mol. The molecule has 1 saturated heterocycles. The number of likely N-dealkylation sites (tertiary alicyclic amines) is 1. The minimum absolute atomic E-state index is 0.0884. The van der Waals surface area contributed by atoms with E-state index >= 15 is 0 Å². The highest BCUT2D eigenvalue weighted by Gasteiger charge is 2.34. The van der Waals surface area contributed by atoms with Gasteiger partial charge < -0.3 is 5.32 Å². The molecule has 1 aliphatic heterocycles. The molecule has 1 N–H and O–H groups in total. The summed E-state index contributed by atoms with van der Waals surface area (Å²) in [6.07, 6.45) is -2.17. The van der Waals surface area contributed by atoms with Crippen LogP contribution in [0.25, 0.3) is 10.9 Å². The molecule has 1 aliphatic rings. The largest absolute Gasteiger partial charge is 0.433 e. The number of benzene rings is 2. The summed E-state index contributed by atoms with van der Waals surface area (Å²) >= 11 is 3.33. The van der Waals surface area contributed by atoms with Gasteiger partial charge in [0, 0.05) is 16.4 Å². The van der Waals surface area contributed by atoms with Crippen molar-refractivity contribution in [3.05, 3.63) is 86.8 Å². The second-order valence-corrected chi connectivity index (χ2v) is 10.6. The zero-order chi connectivity index (χ0) is 27.0. The Morgan fingerprint density at radius 1 is 1.00 bits per heavy atom. The topological polar surface area (TPSA) is 63.1 Å². The molecule has 1 amide bonds. The third kappa shape index (κ3) is 5.61. The van der Waals surface area contributed by atoms with Crippen molar-refractivity contribution in [2.45, 2.75) is 46.0 Å². The SMILES string of the molecule is Cc1nn(Cc2ccc(CN3CCCC3)cc2)c(C)c1NC(=O)c1cc(C(F)(F)F)nc2ccc(Br)cc12. The van der Waals surface area contributed by atoms with Crippen LogP contribution < -0.4 is 5.32 Å². The van der Waals surface area contributed by atoms with Gasteiger partial charge in [0.05, 0.1) is 34.7 Å². The fraction of sp³-hybridized carbons (Fsp3) is 0.321. The first-order chi connectivity index (χ1) is 18.1. The summed E-state index contributed by atoms with van der Waals surface area (Å²) in [6.45, 7) is 7.35. The highest BCUT2D eigenvalue weighted by Crippen LogP contribution is 2.33.